The Balaban J connectivity index is 1.32. The summed E-state index contributed by atoms with van der Waals surface area (Å²) in [5, 5.41) is 25.7. The maximum atomic E-state index is 14.1. The van der Waals surface area contributed by atoms with E-state index in [0.29, 0.717) is 36.5 Å². The number of Topliss-reactive ketones (excluding diaryl/α,β-unsaturated/α-hetero) is 1. The third-order valence-electron chi connectivity index (χ3n) is 9.68. The van der Waals surface area contributed by atoms with Gasteiger partial charge in [-0.25, -0.2) is 0 Å². The van der Waals surface area contributed by atoms with Gasteiger partial charge >= 0.3 is 0 Å². The van der Waals surface area contributed by atoms with E-state index in [0.717, 1.165) is 40.6 Å². The molecule has 5 heteroatoms. The number of benzene rings is 3. The van der Waals surface area contributed by atoms with Crippen LogP contribution in [0.1, 0.15) is 42.4 Å². The number of hydrogen-bond acceptors (Lipinski definition) is 5. The zero-order valence-electron chi connectivity index (χ0n) is 20.1. The minimum absolute atomic E-state index is 0.0612. The van der Waals surface area contributed by atoms with Crippen molar-refractivity contribution in [3.8, 4) is 11.5 Å². The Morgan fingerprint density at radius 2 is 1.92 bits per heavy atom. The molecule has 2 bridgehead atoms. The van der Waals surface area contributed by atoms with Crippen LogP contribution in [0.4, 0.5) is 0 Å². The fourth-order valence-electron chi connectivity index (χ4n) is 7.87. The summed E-state index contributed by atoms with van der Waals surface area (Å²) in [7, 11) is 0. The van der Waals surface area contributed by atoms with Gasteiger partial charge in [0.15, 0.2) is 23.4 Å². The van der Waals surface area contributed by atoms with Gasteiger partial charge in [0.05, 0.1) is 11.0 Å². The number of aromatic hydroxyl groups is 1. The lowest BCUT2D eigenvalue weighted by Crippen LogP contribution is -2.77. The zero-order chi connectivity index (χ0) is 24.2. The molecule has 2 saturated carbocycles. The molecule has 182 valence electrons. The molecule has 1 saturated heterocycles. The maximum absolute atomic E-state index is 14.1. The van der Waals surface area contributed by atoms with E-state index >= 15 is 0 Å². The van der Waals surface area contributed by atoms with Crippen molar-refractivity contribution in [1.29, 1.82) is 0 Å². The minimum Gasteiger partial charge on any atom is -0.504 e. The quantitative estimate of drug-likeness (QED) is 0.546. The standard InChI is InChI=1S/C31H29NO4/c33-24-11-10-21-15-25-31(35)16-22(14-20-6-3-5-19-4-1-2-7-23(19)20)27(34)29-30(31,26(21)28(24)36-29)12-13-32(25)17-18-8-9-18/h1-7,10-11,14,18,25,29,33,35H,8-9,12-13,15-17H2/b22-14-/t25-,29+,30+,31-/m1/s1. The molecular weight excluding hydrogens is 450 g/mol. The SMILES string of the molecule is O=C1/C(=C\c2cccc3ccccc23)C[C@@]2(O)[C@H]3Cc4ccc(O)c5c4[C@@]2(CCN3CC2CC2)[C@H]1O5. The number of phenolic OH excluding ortho intramolecular Hbond substituents is 1. The highest BCUT2D eigenvalue weighted by Gasteiger charge is 2.74. The highest BCUT2D eigenvalue weighted by Crippen LogP contribution is 2.65. The fraction of sp³-hybridized carbons (Fsp3) is 0.387. The Kier molecular flexibility index (Phi) is 4.07. The van der Waals surface area contributed by atoms with E-state index in [1.807, 2.05) is 36.4 Å². The molecule has 2 heterocycles. The van der Waals surface area contributed by atoms with Crippen LogP contribution in [0, 0.1) is 5.92 Å². The predicted molar refractivity (Wildman–Crippen MR) is 137 cm³/mol. The van der Waals surface area contributed by atoms with E-state index < -0.39 is 17.1 Å². The van der Waals surface area contributed by atoms with Crippen molar-refractivity contribution in [3.63, 3.8) is 0 Å². The topological polar surface area (TPSA) is 70.0 Å². The number of ether oxygens (including phenoxy) is 1. The van der Waals surface area contributed by atoms with Gasteiger partial charge in [0.1, 0.15) is 0 Å². The molecule has 1 spiro atoms. The Hall–Kier alpha value is -3.15. The largest absolute Gasteiger partial charge is 0.504 e. The summed E-state index contributed by atoms with van der Waals surface area (Å²) < 4.78 is 6.35. The third kappa shape index (κ3) is 2.55. The summed E-state index contributed by atoms with van der Waals surface area (Å²) in [6.45, 7) is 1.85. The molecule has 0 radical (unpaired) electrons. The number of fused-ring (bicyclic) bond motifs is 1. The second kappa shape index (κ2) is 6.99. The Labute approximate surface area is 210 Å². The van der Waals surface area contributed by atoms with Crippen LogP contribution in [0.25, 0.3) is 16.8 Å². The van der Waals surface area contributed by atoms with Crippen LogP contribution in [0.3, 0.4) is 0 Å². The molecule has 4 atom stereocenters. The first-order valence-electron chi connectivity index (χ1n) is 13.2. The Morgan fingerprint density at radius 3 is 2.78 bits per heavy atom. The van der Waals surface area contributed by atoms with Gasteiger partial charge in [0.25, 0.3) is 0 Å². The molecule has 2 N–H and O–H groups in total. The number of nitrogens with zero attached hydrogens (tertiary/aromatic N) is 1. The van der Waals surface area contributed by atoms with Gasteiger partial charge in [0, 0.05) is 30.1 Å². The first-order valence-corrected chi connectivity index (χ1v) is 13.2. The van der Waals surface area contributed by atoms with Gasteiger partial charge in [-0.05, 0) is 72.2 Å². The third-order valence-corrected chi connectivity index (χ3v) is 9.68. The number of carbonyl (C=O) groups is 1. The molecule has 3 aliphatic carbocycles. The van der Waals surface area contributed by atoms with Gasteiger partial charge in [0.2, 0.25) is 0 Å². The monoisotopic (exact) mass is 479 g/mol. The zero-order valence-corrected chi connectivity index (χ0v) is 20.1. The number of carbonyl (C=O) groups excluding carboxylic acids is 1. The van der Waals surface area contributed by atoms with E-state index in [9.17, 15) is 15.0 Å². The van der Waals surface area contributed by atoms with Gasteiger partial charge in [-0.1, -0.05) is 48.5 Å². The highest BCUT2D eigenvalue weighted by molar-refractivity contribution is 6.08. The van der Waals surface area contributed by atoms with Gasteiger partial charge in [-0.2, -0.15) is 0 Å². The molecule has 2 aliphatic heterocycles. The van der Waals surface area contributed by atoms with Crippen molar-refractivity contribution in [3.05, 3.63) is 76.9 Å². The normalized spacial score (nSPS) is 33.6. The van der Waals surface area contributed by atoms with Gasteiger partial charge in [-0.3, -0.25) is 9.69 Å². The molecule has 0 aromatic heterocycles. The van der Waals surface area contributed by atoms with Crippen LogP contribution < -0.4 is 4.74 Å². The number of hydrogen-bond donors (Lipinski definition) is 2. The number of piperidine rings is 1. The van der Waals surface area contributed by atoms with Crippen molar-refractivity contribution in [2.24, 2.45) is 5.92 Å². The number of likely N-dealkylation sites (tertiary alicyclic amines) is 1. The summed E-state index contributed by atoms with van der Waals surface area (Å²) in [5.41, 5.74) is 1.63. The smallest absolute Gasteiger partial charge is 0.200 e. The molecule has 3 aromatic rings. The van der Waals surface area contributed by atoms with Crippen molar-refractivity contribution in [2.75, 3.05) is 13.1 Å². The molecule has 3 fully saturated rings. The maximum Gasteiger partial charge on any atom is 0.200 e. The van der Waals surface area contributed by atoms with Crippen molar-refractivity contribution in [2.45, 2.75) is 55.3 Å². The summed E-state index contributed by atoms with van der Waals surface area (Å²) in [6.07, 6.45) is 5.35. The first kappa shape index (κ1) is 21.0. The number of aliphatic hydroxyl groups is 1. The lowest BCUT2D eigenvalue weighted by Gasteiger charge is -2.62. The van der Waals surface area contributed by atoms with Crippen molar-refractivity contribution in [1.82, 2.24) is 4.90 Å². The predicted octanol–water partition coefficient (Wildman–Crippen LogP) is 4.37. The minimum atomic E-state index is -1.14. The van der Waals surface area contributed by atoms with Crippen molar-refractivity contribution >= 4 is 22.6 Å². The molecule has 3 aromatic carbocycles. The van der Waals surface area contributed by atoms with E-state index in [1.54, 1.807) is 6.07 Å². The summed E-state index contributed by atoms with van der Waals surface area (Å²) in [5.74, 6) is 1.12. The fourth-order valence-corrected chi connectivity index (χ4v) is 7.87. The summed E-state index contributed by atoms with van der Waals surface area (Å²) >= 11 is 0. The number of phenols is 1. The second-order valence-electron chi connectivity index (χ2n) is 11.5. The van der Waals surface area contributed by atoms with E-state index in [-0.39, 0.29) is 17.6 Å². The van der Waals surface area contributed by atoms with Crippen LogP contribution in [-0.4, -0.2) is 51.7 Å². The second-order valence-corrected chi connectivity index (χ2v) is 11.5. The molecule has 0 amide bonds. The van der Waals surface area contributed by atoms with Gasteiger partial charge in [-0.15, -0.1) is 0 Å². The van der Waals surface area contributed by atoms with Crippen molar-refractivity contribution < 1.29 is 19.7 Å². The average Bonchev–Trinajstić information content (AvgIpc) is 3.62. The summed E-state index contributed by atoms with van der Waals surface area (Å²) in [4.78, 5) is 16.6. The van der Waals surface area contributed by atoms with Crippen LogP contribution in [0.2, 0.25) is 0 Å². The molecule has 8 rings (SSSR count). The highest BCUT2D eigenvalue weighted by atomic mass is 16.5. The molecular formula is C31H29NO4. The molecule has 36 heavy (non-hydrogen) atoms. The first-order chi connectivity index (χ1) is 17.5. The average molecular weight is 480 g/mol. The Morgan fingerprint density at radius 1 is 1.08 bits per heavy atom. The van der Waals surface area contributed by atoms with Crippen LogP contribution in [0.5, 0.6) is 11.5 Å². The molecule has 5 aliphatic rings. The van der Waals surface area contributed by atoms with E-state index in [2.05, 4.69) is 23.1 Å². The molecule has 0 unspecified atom stereocenters. The van der Waals surface area contributed by atoms with Crippen LogP contribution in [0.15, 0.2) is 60.2 Å². The van der Waals surface area contributed by atoms with E-state index in [1.165, 1.54) is 12.8 Å². The Bertz CT molecular complexity index is 1480. The lowest BCUT2D eigenvalue weighted by molar-refractivity contribution is -0.179. The number of ketones is 1. The van der Waals surface area contributed by atoms with Gasteiger partial charge < -0.3 is 14.9 Å². The van der Waals surface area contributed by atoms with Crippen LogP contribution >= 0.6 is 0 Å². The number of rotatable bonds is 3. The van der Waals surface area contributed by atoms with E-state index in [4.69, 9.17) is 4.74 Å². The lowest BCUT2D eigenvalue weighted by atomic mass is 9.48. The van der Waals surface area contributed by atoms with Crippen LogP contribution in [-0.2, 0) is 16.6 Å². The molecule has 5 nitrogen and oxygen atoms in total. The summed E-state index contributed by atoms with van der Waals surface area (Å²) in [6, 6.07) is 17.9.